The number of hydrogen-bond acceptors (Lipinski definition) is 20. The maximum absolute atomic E-state index is 13.7. The molecule has 0 aromatic carbocycles. The van der Waals surface area contributed by atoms with Crippen LogP contribution in [-0.4, -0.2) is 289 Å². The van der Waals surface area contributed by atoms with Gasteiger partial charge in [0.25, 0.3) is 0 Å². The first-order valence-corrected chi connectivity index (χ1v) is 32.6. The molecule has 0 aromatic rings. The molecule has 0 heterocycles. The molecule has 0 aliphatic carbocycles. The zero-order valence-corrected chi connectivity index (χ0v) is 54.6. The number of hydrogen-bond donors (Lipinski definition) is 4. The lowest BCUT2D eigenvalue weighted by atomic mass is 10.1. The smallest absolute Gasteiger partial charge is 0.234 e. The number of Topliss-reactive ketones (excluding diaryl/α,β-unsaturated/α-hetero) is 1. The molecule has 0 saturated carbocycles. The number of ether oxygens (including phenoxy) is 12. The zero-order chi connectivity index (χ0) is 62.7. The molecule has 508 valence electrons. The lowest BCUT2D eigenvalue weighted by Gasteiger charge is -2.29. The number of carbonyl (C=O) groups is 5. The van der Waals surface area contributed by atoms with Gasteiger partial charge in [-0.05, 0) is 19.3 Å². The molecule has 0 aliphatic heterocycles. The topological polar surface area (TPSA) is 254 Å². The normalized spacial score (nSPS) is 11.6. The van der Waals surface area contributed by atoms with E-state index in [1.165, 1.54) is 64.2 Å². The summed E-state index contributed by atoms with van der Waals surface area (Å²) in [6.07, 6.45) is 19.1. The van der Waals surface area contributed by atoms with Gasteiger partial charge in [0.2, 0.25) is 23.6 Å². The van der Waals surface area contributed by atoms with Crippen molar-refractivity contribution in [2.75, 3.05) is 245 Å². The zero-order valence-electron chi connectivity index (χ0n) is 54.6. The van der Waals surface area contributed by atoms with Crippen LogP contribution < -0.4 is 21.3 Å². The van der Waals surface area contributed by atoms with Crippen molar-refractivity contribution in [2.24, 2.45) is 0 Å². The van der Waals surface area contributed by atoms with Crippen molar-refractivity contribution in [3.8, 4) is 0 Å². The summed E-state index contributed by atoms with van der Waals surface area (Å²) in [5, 5.41) is 12.0. The van der Waals surface area contributed by atoms with Crippen molar-refractivity contribution in [1.82, 2.24) is 36.0 Å². The third-order valence-electron chi connectivity index (χ3n) is 13.4. The average molecular weight is 1240 g/mol. The summed E-state index contributed by atoms with van der Waals surface area (Å²) in [5.41, 5.74) is 0. The SMILES string of the molecule is CCCCCCCCCCNC(=O)CN(CCN(CCN(CC(=O)NCCCCCCCCCC)CC(=O)NCCOCCOCCOCCOC)CC(=O)NCCOCCOCCOCCOC)CC(=O)CCCOCCOCCOCCOC. The van der Waals surface area contributed by atoms with E-state index in [-0.39, 0.29) is 101 Å². The summed E-state index contributed by atoms with van der Waals surface area (Å²) < 4.78 is 65.0. The Bertz CT molecular complexity index is 1430. The summed E-state index contributed by atoms with van der Waals surface area (Å²) >= 11 is 0. The van der Waals surface area contributed by atoms with E-state index in [2.05, 4.69) is 35.1 Å². The van der Waals surface area contributed by atoms with Crippen molar-refractivity contribution in [3.63, 3.8) is 0 Å². The van der Waals surface area contributed by atoms with E-state index in [4.69, 9.17) is 56.8 Å². The average Bonchev–Trinajstić information content (AvgIpc) is 3.57. The summed E-state index contributed by atoms with van der Waals surface area (Å²) in [6.45, 7) is 16.1. The number of unbranched alkanes of at least 4 members (excludes halogenated alkanes) is 14. The van der Waals surface area contributed by atoms with Crippen LogP contribution in [0.1, 0.15) is 129 Å². The van der Waals surface area contributed by atoms with E-state index >= 15 is 0 Å². The molecule has 0 spiro atoms. The van der Waals surface area contributed by atoms with Gasteiger partial charge < -0.3 is 78.1 Å². The fraction of sp³-hybridized carbons (Fsp3) is 0.919. The maximum Gasteiger partial charge on any atom is 0.234 e. The van der Waals surface area contributed by atoms with Gasteiger partial charge in [-0.2, -0.15) is 0 Å². The molecule has 0 aromatic heterocycles. The molecule has 0 unspecified atom stereocenters. The van der Waals surface area contributed by atoms with Crippen molar-refractivity contribution >= 4 is 29.4 Å². The summed E-state index contributed by atoms with van der Waals surface area (Å²) in [4.78, 5) is 73.2. The van der Waals surface area contributed by atoms with Crippen LogP contribution in [0.15, 0.2) is 0 Å². The molecule has 0 aliphatic rings. The number of nitrogens with one attached hydrogen (secondary N) is 4. The highest BCUT2D eigenvalue weighted by Crippen LogP contribution is 2.09. The first kappa shape index (κ1) is 83.0. The second kappa shape index (κ2) is 67.9. The quantitative estimate of drug-likeness (QED) is 0.0626. The van der Waals surface area contributed by atoms with E-state index in [0.29, 0.717) is 165 Å². The maximum atomic E-state index is 13.7. The molecule has 0 saturated heterocycles. The second-order valence-corrected chi connectivity index (χ2v) is 21.2. The van der Waals surface area contributed by atoms with Crippen LogP contribution in [0.25, 0.3) is 0 Å². The van der Waals surface area contributed by atoms with Gasteiger partial charge in [0.1, 0.15) is 5.78 Å². The van der Waals surface area contributed by atoms with E-state index in [9.17, 15) is 24.0 Å². The molecule has 0 fully saturated rings. The predicted molar refractivity (Wildman–Crippen MR) is 334 cm³/mol. The first-order chi connectivity index (χ1) is 42.2. The van der Waals surface area contributed by atoms with Crippen LogP contribution in [0.2, 0.25) is 0 Å². The molecular formula is C62H123N7O17. The van der Waals surface area contributed by atoms with Crippen molar-refractivity contribution < 1.29 is 80.8 Å². The lowest BCUT2D eigenvalue weighted by molar-refractivity contribution is -0.126. The van der Waals surface area contributed by atoms with Crippen molar-refractivity contribution in [3.05, 3.63) is 0 Å². The molecule has 24 nitrogen and oxygen atoms in total. The minimum absolute atomic E-state index is 0.0000473. The molecule has 24 heteroatoms. The number of methoxy groups -OCH3 is 3. The molecule has 0 radical (unpaired) electrons. The van der Waals surface area contributed by atoms with Crippen LogP contribution in [0.3, 0.4) is 0 Å². The van der Waals surface area contributed by atoms with Crippen LogP contribution in [0.5, 0.6) is 0 Å². The van der Waals surface area contributed by atoms with Crippen molar-refractivity contribution in [1.29, 1.82) is 0 Å². The molecule has 0 bridgehead atoms. The molecule has 4 amide bonds. The highest BCUT2D eigenvalue weighted by Gasteiger charge is 2.21. The standard InChI is InChI=1S/C62H123N7O17/c1-6-8-10-12-14-16-18-20-24-63-60(72)55-68(53-58(70)23-22-32-78-41-44-84-50-47-81-38-35-75-3)30-28-67(54-59(71)65-26-33-79-42-45-85-51-48-82-39-36-76-4)29-31-69(56-61(73)64-25-21-19-17-15-13-11-9-7-2)57-62(74)66-27-34-80-43-46-86-52-49-83-40-37-77-5/h6-57H2,1-5H3,(H,63,72)(H,64,73)(H,65,71)(H,66,74). The van der Waals surface area contributed by atoms with Gasteiger partial charge in [0.15, 0.2) is 0 Å². The summed E-state index contributed by atoms with van der Waals surface area (Å²) in [6, 6.07) is 0. The molecule has 0 atom stereocenters. The largest absolute Gasteiger partial charge is 0.382 e. The molecule has 0 rings (SSSR count). The highest BCUT2D eigenvalue weighted by molar-refractivity contribution is 5.83. The van der Waals surface area contributed by atoms with Gasteiger partial charge in [-0.1, -0.05) is 104 Å². The van der Waals surface area contributed by atoms with E-state index in [1.807, 2.05) is 9.80 Å². The minimum Gasteiger partial charge on any atom is -0.382 e. The minimum atomic E-state index is -0.278. The van der Waals surface area contributed by atoms with Crippen LogP contribution in [0, 0.1) is 0 Å². The number of ketones is 1. The lowest BCUT2D eigenvalue weighted by Crippen LogP contribution is -2.49. The van der Waals surface area contributed by atoms with E-state index in [0.717, 1.165) is 38.5 Å². The molecule has 4 N–H and O–H groups in total. The summed E-state index contributed by atoms with van der Waals surface area (Å²) in [7, 11) is 4.87. The number of nitrogens with zero attached hydrogens (tertiary/aromatic N) is 3. The Labute approximate surface area is 519 Å². The van der Waals surface area contributed by atoms with Gasteiger partial charge in [-0.25, -0.2) is 0 Å². The Balaban J connectivity index is 6.05. The van der Waals surface area contributed by atoms with E-state index < -0.39 is 0 Å². The van der Waals surface area contributed by atoms with Gasteiger partial charge in [-0.3, -0.25) is 38.7 Å². The fourth-order valence-corrected chi connectivity index (χ4v) is 8.55. The Morgan fingerprint density at radius 1 is 0.267 bits per heavy atom. The van der Waals surface area contributed by atoms with Gasteiger partial charge in [0.05, 0.1) is 165 Å². The second-order valence-electron chi connectivity index (χ2n) is 21.2. The van der Waals surface area contributed by atoms with Crippen molar-refractivity contribution in [2.45, 2.75) is 129 Å². The van der Waals surface area contributed by atoms with Gasteiger partial charge in [-0.15, -0.1) is 0 Å². The third kappa shape index (κ3) is 62.6. The Morgan fingerprint density at radius 2 is 0.523 bits per heavy atom. The number of carbonyl (C=O) groups excluding carboxylic acids is 5. The third-order valence-corrected chi connectivity index (χ3v) is 13.4. The number of amides is 4. The fourth-order valence-electron chi connectivity index (χ4n) is 8.55. The monoisotopic (exact) mass is 1240 g/mol. The Kier molecular flexibility index (Phi) is 65.5. The summed E-state index contributed by atoms with van der Waals surface area (Å²) in [5.74, 6) is -0.934. The van der Waals surface area contributed by atoms with Crippen LogP contribution in [0.4, 0.5) is 0 Å². The Morgan fingerprint density at radius 3 is 0.860 bits per heavy atom. The van der Waals surface area contributed by atoms with Gasteiger partial charge in [0, 0.05) is 86.7 Å². The first-order valence-electron chi connectivity index (χ1n) is 32.6. The molecule has 86 heavy (non-hydrogen) atoms. The van der Waals surface area contributed by atoms with Crippen LogP contribution >= 0.6 is 0 Å². The predicted octanol–water partition coefficient (Wildman–Crippen LogP) is 4.08. The van der Waals surface area contributed by atoms with E-state index in [1.54, 1.807) is 26.2 Å². The molecular weight excluding hydrogens is 1110 g/mol. The highest BCUT2D eigenvalue weighted by atomic mass is 16.6. The number of rotatable bonds is 71. The van der Waals surface area contributed by atoms with Crippen LogP contribution in [-0.2, 0) is 80.8 Å². The van der Waals surface area contributed by atoms with Gasteiger partial charge >= 0.3 is 0 Å². The Hall–Kier alpha value is -3.05.